The van der Waals surface area contributed by atoms with E-state index in [-0.39, 0.29) is 5.82 Å². The molecule has 1 aromatic heterocycles. The van der Waals surface area contributed by atoms with Crippen molar-refractivity contribution in [2.45, 2.75) is 32.7 Å². The molecule has 0 amide bonds. The van der Waals surface area contributed by atoms with Gasteiger partial charge in [0.2, 0.25) is 0 Å². The summed E-state index contributed by atoms with van der Waals surface area (Å²) in [6, 6.07) is 14.2. The predicted molar refractivity (Wildman–Crippen MR) is 103 cm³/mol. The summed E-state index contributed by atoms with van der Waals surface area (Å²) in [5.74, 6) is -0.184. The van der Waals surface area contributed by atoms with Gasteiger partial charge in [0.05, 0.1) is 0 Å². The Balaban J connectivity index is 1.92. The summed E-state index contributed by atoms with van der Waals surface area (Å²) in [4.78, 5) is 2.41. The third kappa shape index (κ3) is 2.87. The van der Waals surface area contributed by atoms with Gasteiger partial charge in [-0.2, -0.15) is 0 Å². The Kier molecular flexibility index (Phi) is 4.12. The van der Waals surface area contributed by atoms with Gasteiger partial charge in [-0.05, 0) is 76.7 Å². The van der Waals surface area contributed by atoms with Crippen molar-refractivity contribution >= 4 is 10.9 Å². The molecule has 0 radical (unpaired) electrons. The van der Waals surface area contributed by atoms with Crippen LogP contribution in [0.4, 0.5) is 4.39 Å². The molecule has 0 N–H and O–H groups in total. The second-order valence-corrected chi connectivity index (χ2v) is 7.39. The van der Waals surface area contributed by atoms with Gasteiger partial charge in [0.25, 0.3) is 0 Å². The molecular weight excluding hydrogens is 310 g/mol. The second kappa shape index (κ2) is 6.30. The minimum Gasteiger partial charge on any atom is -0.341 e. The van der Waals surface area contributed by atoms with Crippen LogP contribution in [0, 0.1) is 19.7 Å². The Morgan fingerprint density at radius 3 is 2.32 bits per heavy atom. The molecule has 1 aliphatic heterocycles. The summed E-state index contributed by atoms with van der Waals surface area (Å²) >= 11 is 0. The average molecular weight is 335 g/mol. The van der Waals surface area contributed by atoms with E-state index in [0.29, 0.717) is 6.04 Å². The number of rotatable bonds is 2. The monoisotopic (exact) mass is 335 g/mol. The molecule has 0 spiro atoms. The van der Waals surface area contributed by atoms with E-state index in [1.54, 1.807) is 12.1 Å². The van der Waals surface area contributed by atoms with Crippen molar-refractivity contribution in [2.75, 3.05) is 20.1 Å². The van der Waals surface area contributed by atoms with Crippen LogP contribution >= 0.6 is 0 Å². The van der Waals surface area contributed by atoms with Gasteiger partial charge in [0.1, 0.15) is 5.82 Å². The van der Waals surface area contributed by atoms with Gasteiger partial charge in [-0.1, -0.05) is 23.8 Å². The molecule has 1 saturated heterocycles. The van der Waals surface area contributed by atoms with Crippen molar-refractivity contribution in [3.8, 4) is 11.1 Å². The highest BCUT2D eigenvalue weighted by Crippen LogP contribution is 2.39. The highest BCUT2D eigenvalue weighted by Gasteiger charge is 2.24. The number of aryl methyl sites for hydroxylation is 1. The van der Waals surface area contributed by atoms with Crippen molar-refractivity contribution in [3.63, 3.8) is 0 Å². The maximum atomic E-state index is 13.4. The lowest BCUT2D eigenvalue weighted by molar-refractivity contribution is 0.223. The molecule has 1 aliphatic rings. The van der Waals surface area contributed by atoms with Crippen LogP contribution in [0.1, 0.15) is 30.1 Å². The van der Waals surface area contributed by atoms with E-state index >= 15 is 0 Å². The van der Waals surface area contributed by atoms with E-state index < -0.39 is 0 Å². The Labute approximate surface area is 148 Å². The number of piperidine rings is 1. The zero-order chi connectivity index (χ0) is 17.6. The van der Waals surface area contributed by atoms with Gasteiger partial charge in [0, 0.05) is 28.2 Å². The van der Waals surface area contributed by atoms with Crippen LogP contribution < -0.4 is 0 Å². The fraction of sp³-hybridized carbons (Fsp3) is 0.364. The molecular formula is C22H25FN2. The Bertz CT molecular complexity index is 900. The number of nitrogens with zero attached hydrogens (tertiary/aromatic N) is 2. The molecule has 0 aliphatic carbocycles. The predicted octanol–water partition coefficient (Wildman–Crippen LogP) is 5.33. The fourth-order valence-electron chi connectivity index (χ4n) is 4.26. The van der Waals surface area contributed by atoms with E-state index in [1.807, 2.05) is 12.1 Å². The Morgan fingerprint density at radius 1 is 0.960 bits per heavy atom. The van der Waals surface area contributed by atoms with Gasteiger partial charge in [0.15, 0.2) is 0 Å². The minimum atomic E-state index is -0.184. The molecule has 3 heteroatoms. The van der Waals surface area contributed by atoms with Gasteiger partial charge < -0.3 is 9.47 Å². The molecule has 0 atom stereocenters. The molecule has 0 bridgehead atoms. The molecule has 4 rings (SSSR count). The highest BCUT2D eigenvalue weighted by molar-refractivity contribution is 5.98. The van der Waals surface area contributed by atoms with E-state index in [0.717, 1.165) is 18.7 Å². The van der Waals surface area contributed by atoms with Crippen molar-refractivity contribution in [1.82, 2.24) is 9.47 Å². The SMILES string of the molecule is Cc1ccc2c(c1)c(-c1ccc([18F])cc1)c(C)n2C1CCN(C)CC1. The number of halogens is 1. The lowest BCUT2D eigenvalue weighted by Crippen LogP contribution is -2.31. The van der Waals surface area contributed by atoms with Crippen molar-refractivity contribution in [3.05, 3.63) is 59.5 Å². The number of hydrogen-bond donors (Lipinski definition) is 0. The molecule has 3 aromatic rings. The topological polar surface area (TPSA) is 8.17 Å². The quantitative estimate of drug-likeness (QED) is 0.614. The largest absolute Gasteiger partial charge is 0.341 e. The second-order valence-electron chi connectivity index (χ2n) is 7.39. The number of hydrogen-bond acceptors (Lipinski definition) is 1. The first kappa shape index (κ1) is 16.3. The normalized spacial score (nSPS) is 16.6. The molecule has 1 fully saturated rings. The summed E-state index contributed by atoms with van der Waals surface area (Å²) in [5, 5.41) is 1.28. The average Bonchev–Trinajstić information content (AvgIpc) is 2.88. The maximum absolute atomic E-state index is 13.4. The lowest BCUT2D eigenvalue weighted by Gasteiger charge is -2.31. The first-order chi connectivity index (χ1) is 12.0. The lowest BCUT2D eigenvalue weighted by atomic mass is 10.0. The fourth-order valence-corrected chi connectivity index (χ4v) is 4.26. The third-order valence-electron chi connectivity index (χ3n) is 5.59. The summed E-state index contributed by atoms with van der Waals surface area (Å²) in [5.41, 5.74) is 6.20. The standard InChI is InChI=1S/C22H25FN2/c1-15-4-9-21-20(14-15)22(17-5-7-18(23)8-6-17)16(2)25(21)19-10-12-24(3)13-11-19/h4-9,14,19H,10-13H2,1-3H3/i23-1. The minimum absolute atomic E-state index is 0.184. The van der Waals surface area contributed by atoms with Crippen LogP contribution in [-0.4, -0.2) is 29.6 Å². The third-order valence-corrected chi connectivity index (χ3v) is 5.59. The molecule has 0 unspecified atom stereocenters. The van der Waals surface area contributed by atoms with E-state index in [9.17, 15) is 4.39 Å². The van der Waals surface area contributed by atoms with Crippen LogP contribution in [-0.2, 0) is 0 Å². The maximum Gasteiger partial charge on any atom is 0.123 e. The molecule has 2 nitrogen and oxygen atoms in total. The molecule has 2 aromatic carbocycles. The first-order valence-corrected chi connectivity index (χ1v) is 9.10. The van der Waals surface area contributed by atoms with E-state index in [4.69, 9.17) is 0 Å². The first-order valence-electron chi connectivity index (χ1n) is 9.10. The number of likely N-dealkylation sites (tertiary alicyclic amines) is 1. The summed E-state index contributed by atoms with van der Waals surface area (Å²) in [6.45, 7) is 6.63. The Hall–Kier alpha value is -2.13. The van der Waals surface area contributed by atoms with Crippen LogP contribution in [0.15, 0.2) is 42.5 Å². The Morgan fingerprint density at radius 2 is 1.64 bits per heavy atom. The van der Waals surface area contributed by atoms with Crippen molar-refractivity contribution in [2.24, 2.45) is 0 Å². The van der Waals surface area contributed by atoms with Crippen LogP contribution in [0.3, 0.4) is 0 Å². The van der Waals surface area contributed by atoms with Gasteiger partial charge >= 0.3 is 0 Å². The highest BCUT2D eigenvalue weighted by atomic mass is 18.2. The number of aromatic nitrogens is 1. The van der Waals surface area contributed by atoms with Crippen LogP contribution in [0.5, 0.6) is 0 Å². The van der Waals surface area contributed by atoms with Crippen LogP contribution in [0.2, 0.25) is 0 Å². The summed E-state index contributed by atoms with van der Waals surface area (Å²) < 4.78 is 15.9. The van der Waals surface area contributed by atoms with E-state index in [1.165, 1.54) is 40.6 Å². The molecule has 2 heterocycles. The van der Waals surface area contributed by atoms with Gasteiger partial charge in [-0.3, -0.25) is 0 Å². The zero-order valence-electron chi connectivity index (χ0n) is 15.2. The zero-order valence-corrected chi connectivity index (χ0v) is 15.2. The smallest absolute Gasteiger partial charge is 0.123 e. The summed E-state index contributed by atoms with van der Waals surface area (Å²) in [7, 11) is 2.20. The molecule has 0 saturated carbocycles. The number of fused-ring (bicyclic) bond motifs is 1. The van der Waals surface area contributed by atoms with Crippen molar-refractivity contribution in [1.29, 1.82) is 0 Å². The van der Waals surface area contributed by atoms with Gasteiger partial charge in [-0.25, -0.2) is 4.39 Å². The summed E-state index contributed by atoms with van der Waals surface area (Å²) in [6.07, 6.45) is 2.36. The van der Waals surface area contributed by atoms with Gasteiger partial charge in [-0.15, -0.1) is 0 Å². The van der Waals surface area contributed by atoms with Crippen molar-refractivity contribution < 1.29 is 4.39 Å². The van der Waals surface area contributed by atoms with Crippen LogP contribution in [0.25, 0.3) is 22.0 Å². The molecule has 25 heavy (non-hydrogen) atoms. The molecule has 130 valence electrons. The number of benzene rings is 2. The van der Waals surface area contributed by atoms with E-state index in [2.05, 4.69) is 48.6 Å².